The Morgan fingerprint density at radius 3 is 2.94 bits per heavy atom. The van der Waals surface area contributed by atoms with Gasteiger partial charge in [0.2, 0.25) is 5.95 Å². The van der Waals surface area contributed by atoms with Crippen molar-refractivity contribution in [1.29, 1.82) is 0 Å². The molecule has 1 aromatic heterocycles. The van der Waals surface area contributed by atoms with Crippen LogP contribution in [0.4, 0.5) is 27.9 Å². The van der Waals surface area contributed by atoms with E-state index in [2.05, 4.69) is 56.0 Å². The maximum absolute atomic E-state index is 11.4. The minimum atomic E-state index is -0.787. The molecule has 11 heteroatoms. The number of fused-ring (bicyclic) bond motifs is 3. The molecule has 0 saturated heterocycles. The fourth-order valence-corrected chi connectivity index (χ4v) is 5.41. The van der Waals surface area contributed by atoms with Gasteiger partial charge in [-0.15, -0.1) is 0 Å². The van der Waals surface area contributed by atoms with Crippen molar-refractivity contribution in [3.05, 3.63) is 41.1 Å². The third-order valence-electron chi connectivity index (χ3n) is 6.93. The van der Waals surface area contributed by atoms with Crippen molar-refractivity contribution < 1.29 is 14.3 Å². The summed E-state index contributed by atoms with van der Waals surface area (Å²) in [5, 5.41) is 10.5. The molecule has 1 aromatic carbocycles. The van der Waals surface area contributed by atoms with Crippen LogP contribution in [0.3, 0.4) is 0 Å². The van der Waals surface area contributed by atoms with Crippen LogP contribution in [-0.4, -0.2) is 55.0 Å². The fraction of sp³-hybridized carbons (Fsp3) is 0.458. The van der Waals surface area contributed by atoms with E-state index in [-0.39, 0.29) is 24.0 Å². The molecule has 4 atom stereocenters. The highest BCUT2D eigenvalue weighted by Crippen LogP contribution is 2.43. The van der Waals surface area contributed by atoms with Gasteiger partial charge < -0.3 is 36.1 Å². The predicted molar refractivity (Wildman–Crippen MR) is 136 cm³/mol. The van der Waals surface area contributed by atoms with E-state index in [0.717, 1.165) is 44.0 Å². The lowest BCUT2D eigenvalue weighted by atomic mass is 9.98. The first-order valence-corrected chi connectivity index (χ1v) is 12.2. The van der Waals surface area contributed by atoms with Gasteiger partial charge in [-0.1, -0.05) is 23.8 Å². The number of ether oxygens (including phenoxy) is 2. The van der Waals surface area contributed by atoms with Crippen LogP contribution in [0.15, 0.2) is 30.5 Å². The van der Waals surface area contributed by atoms with E-state index in [1.807, 2.05) is 6.07 Å². The molecular weight excluding hydrogens is 470 g/mol. The van der Waals surface area contributed by atoms with Crippen molar-refractivity contribution in [3.8, 4) is 5.75 Å². The molecule has 2 aliphatic carbocycles. The lowest BCUT2D eigenvalue weighted by molar-refractivity contribution is 0.0853. The van der Waals surface area contributed by atoms with E-state index in [4.69, 9.17) is 26.8 Å². The molecule has 35 heavy (non-hydrogen) atoms. The Hall–Kier alpha value is -3.24. The molecule has 1 aliphatic heterocycles. The van der Waals surface area contributed by atoms with Crippen LogP contribution in [0.25, 0.3) is 0 Å². The van der Waals surface area contributed by atoms with Crippen LogP contribution in [-0.2, 0) is 11.3 Å². The molecule has 3 aliphatic rings. The number of carbonyl (C=O) groups excluding carboxylic acids is 1. The van der Waals surface area contributed by atoms with Crippen LogP contribution in [0.2, 0.25) is 5.02 Å². The van der Waals surface area contributed by atoms with Crippen molar-refractivity contribution >= 4 is 40.8 Å². The number of methoxy groups -OCH3 is 1. The zero-order valence-electron chi connectivity index (χ0n) is 19.8. The number of benzene rings is 1. The van der Waals surface area contributed by atoms with Gasteiger partial charge in [0.25, 0.3) is 0 Å². The standard InChI is InChI=1S/C24H30ClN7O3/c1-3-32-7-6-27-11-15-9-19(34-2)17(10-18(15)32)29-24-28-12-16(25)22(31-24)30-20-13-4-5-14(8-13)21(20)35-23(26)33/h4-5,9-10,12-14,20-21,27H,3,6-8,11H2,1-2H3,(H2,26,33)(H2,28,29,30,31)/t13-,14+,20+,21-/m0/s1. The van der Waals surface area contributed by atoms with Crippen LogP contribution < -0.4 is 31.3 Å². The average Bonchev–Trinajstić information content (AvgIpc) is 3.37. The molecule has 1 fully saturated rings. The van der Waals surface area contributed by atoms with E-state index < -0.39 is 6.09 Å². The minimum absolute atomic E-state index is 0.128. The molecule has 2 aromatic rings. The lowest BCUT2D eigenvalue weighted by Gasteiger charge is -2.28. The van der Waals surface area contributed by atoms with Crippen LogP contribution >= 0.6 is 11.6 Å². The second-order valence-electron chi connectivity index (χ2n) is 8.97. The predicted octanol–water partition coefficient (Wildman–Crippen LogP) is 3.26. The second kappa shape index (κ2) is 9.79. The van der Waals surface area contributed by atoms with E-state index in [0.29, 0.717) is 22.5 Å². The van der Waals surface area contributed by atoms with E-state index in [9.17, 15) is 4.79 Å². The van der Waals surface area contributed by atoms with Crippen molar-refractivity contribution in [2.75, 3.05) is 42.3 Å². The van der Waals surface area contributed by atoms with Gasteiger partial charge in [0.05, 0.1) is 25.0 Å². The Morgan fingerprint density at radius 2 is 2.17 bits per heavy atom. The molecule has 5 rings (SSSR count). The summed E-state index contributed by atoms with van der Waals surface area (Å²) in [4.78, 5) is 22.8. The summed E-state index contributed by atoms with van der Waals surface area (Å²) in [7, 11) is 1.64. The lowest BCUT2D eigenvalue weighted by Crippen LogP contribution is -2.41. The second-order valence-corrected chi connectivity index (χ2v) is 9.38. The SMILES string of the molecule is CCN1CCNCc2cc(OC)c(Nc3ncc(Cl)c(N[C@H]4[C@@H](OC(N)=O)[C@@H]5C=C[C@H]4C5)n3)cc21. The summed E-state index contributed by atoms with van der Waals surface area (Å²) in [6, 6.07) is 3.94. The first-order chi connectivity index (χ1) is 17.0. The summed E-state index contributed by atoms with van der Waals surface area (Å²) < 4.78 is 11.1. The van der Waals surface area contributed by atoms with Gasteiger partial charge in [-0.25, -0.2) is 9.78 Å². The van der Waals surface area contributed by atoms with Crippen molar-refractivity contribution in [1.82, 2.24) is 15.3 Å². The molecule has 1 saturated carbocycles. The number of nitrogens with zero attached hydrogens (tertiary/aromatic N) is 3. The van der Waals surface area contributed by atoms with Gasteiger partial charge in [0, 0.05) is 43.7 Å². The molecule has 186 valence electrons. The van der Waals surface area contributed by atoms with Gasteiger partial charge in [0.15, 0.2) is 5.82 Å². The van der Waals surface area contributed by atoms with Gasteiger partial charge in [0.1, 0.15) is 16.9 Å². The van der Waals surface area contributed by atoms with Crippen LogP contribution in [0.5, 0.6) is 5.75 Å². The normalized spacial score (nSPS) is 24.6. The van der Waals surface area contributed by atoms with Gasteiger partial charge >= 0.3 is 6.09 Å². The molecule has 0 unspecified atom stereocenters. The van der Waals surface area contributed by atoms with Crippen molar-refractivity contribution in [2.24, 2.45) is 17.6 Å². The molecule has 0 radical (unpaired) electrons. The largest absolute Gasteiger partial charge is 0.495 e. The highest BCUT2D eigenvalue weighted by molar-refractivity contribution is 6.32. The number of amides is 1. The first kappa shape index (κ1) is 23.5. The van der Waals surface area contributed by atoms with Gasteiger partial charge in [-0.3, -0.25) is 0 Å². The molecule has 10 nitrogen and oxygen atoms in total. The Balaban J connectivity index is 1.41. The summed E-state index contributed by atoms with van der Waals surface area (Å²) in [5.74, 6) is 1.86. The van der Waals surface area contributed by atoms with E-state index >= 15 is 0 Å². The molecule has 2 heterocycles. The average molecular weight is 500 g/mol. The number of nitrogens with one attached hydrogen (secondary N) is 3. The zero-order chi connectivity index (χ0) is 24.5. The maximum atomic E-state index is 11.4. The number of halogens is 1. The molecular formula is C24H30ClN7O3. The van der Waals surface area contributed by atoms with Gasteiger partial charge in [-0.2, -0.15) is 4.98 Å². The molecule has 0 spiro atoms. The van der Waals surface area contributed by atoms with Crippen molar-refractivity contribution in [3.63, 3.8) is 0 Å². The third-order valence-corrected chi connectivity index (χ3v) is 7.21. The number of aromatic nitrogens is 2. The summed E-state index contributed by atoms with van der Waals surface area (Å²) in [6.45, 7) is 5.67. The number of anilines is 4. The molecule has 5 N–H and O–H groups in total. The highest BCUT2D eigenvalue weighted by Gasteiger charge is 2.47. The van der Waals surface area contributed by atoms with Crippen LogP contribution in [0, 0.1) is 11.8 Å². The quantitative estimate of drug-likeness (QED) is 0.424. The number of rotatable bonds is 7. The van der Waals surface area contributed by atoms with Crippen molar-refractivity contribution in [2.45, 2.75) is 32.0 Å². The minimum Gasteiger partial charge on any atom is -0.495 e. The third kappa shape index (κ3) is 4.68. The van der Waals surface area contributed by atoms with Crippen LogP contribution in [0.1, 0.15) is 18.9 Å². The Labute approximate surface area is 209 Å². The summed E-state index contributed by atoms with van der Waals surface area (Å²) in [5.41, 5.74) is 8.40. The number of nitrogens with two attached hydrogens (primary N) is 1. The molecule has 2 bridgehead atoms. The van der Waals surface area contributed by atoms with Gasteiger partial charge in [-0.05, 0) is 31.0 Å². The summed E-state index contributed by atoms with van der Waals surface area (Å²) >= 11 is 6.44. The summed E-state index contributed by atoms with van der Waals surface area (Å²) in [6.07, 6.45) is 5.48. The monoisotopic (exact) mass is 499 g/mol. The smallest absolute Gasteiger partial charge is 0.404 e. The number of carbonyl (C=O) groups is 1. The topological polar surface area (TPSA) is 127 Å². The zero-order valence-corrected chi connectivity index (χ0v) is 20.5. The maximum Gasteiger partial charge on any atom is 0.404 e. The fourth-order valence-electron chi connectivity index (χ4n) is 5.27. The Morgan fingerprint density at radius 1 is 1.34 bits per heavy atom. The number of primary amides is 1. The number of likely N-dealkylation sites (N-methyl/N-ethyl adjacent to an activating group) is 1. The first-order valence-electron chi connectivity index (χ1n) is 11.8. The molecule has 1 amide bonds. The Bertz CT molecular complexity index is 1140. The number of hydrogen-bond acceptors (Lipinski definition) is 9. The Kier molecular flexibility index (Phi) is 6.57. The van der Waals surface area contributed by atoms with E-state index in [1.54, 1.807) is 13.3 Å². The highest BCUT2D eigenvalue weighted by atomic mass is 35.5. The van der Waals surface area contributed by atoms with E-state index in [1.165, 1.54) is 5.56 Å². The number of hydrogen-bond donors (Lipinski definition) is 4.